The third-order valence-electron chi connectivity index (χ3n) is 5.90. The van der Waals surface area contributed by atoms with Gasteiger partial charge in [0.1, 0.15) is 5.15 Å². The van der Waals surface area contributed by atoms with E-state index in [0.29, 0.717) is 12.1 Å². The average molecular weight is 475 g/mol. The highest BCUT2D eigenvalue weighted by Gasteiger charge is 2.39. The number of likely N-dealkylation sites (tertiary alicyclic amines) is 1. The molecule has 0 aliphatic carbocycles. The first-order valence-electron chi connectivity index (χ1n) is 10.1. The fourth-order valence-electron chi connectivity index (χ4n) is 4.25. The van der Waals surface area contributed by atoms with Gasteiger partial charge in [-0.15, -0.1) is 0 Å². The van der Waals surface area contributed by atoms with Crippen LogP contribution in [0.1, 0.15) is 27.5 Å². The Hall–Kier alpha value is -3.30. The molecule has 1 saturated heterocycles. The summed E-state index contributed by atoms with van der Waals surface area (Å²) in [6.07, 6.45) is -0.612. The summed E-state index contributed by atoms with van der Waals surface area (Å²) in [5.74, 6) is -0.653. The van der Waals surface area contributed by atoms with Crippen molar-refractivity contribution in [3.05, 3.63) is 83.2 Å². The maximum Gasteiger partial charge on any atom is 0.420 e. The minimum Gasteiger partial charge on any atom is -0.472 e. The van der Waals surface area contributed by atoms with Crippen LogP contribution in [0.5, 0.6) is 0 Å². The van der Waals surface area contributed by atoms with Crippen LogP contribution >= 0.6 is 11.6 Å². The van der Waals surface area contributed by atoms with Gasteiger partial charge in [0.2, 0.25) is 0 Å². The zero-order valence-electron chi connectivity index (χ0n) is 17.1. The Morgan fingerprint density at radius 2 is 1.91 bits per heavy atom. The van der Waals surface area contributed by atoms with Crippen molar-refractivity contribution in [1.29, 1.82) is 0 Å². The third kappa shape index (κ3) is 3.77. The van der Waals surface area contributed by atoms with Crippen LogP contribution in [0.3, 0.4) is 0 Å². The van der Waals surface area contributed by atoms with E-state index < -0.39 is 23.3 Å². The highest BCUT2D eigenvalue weighted by atomic mass is 35.5. The largest absolute Gasteiger partial charge is 0.472 e. The molecule has 0 spiro atoms. The molecule has 1 aliphatic rings. The van der Waals surface area contributed by atoms with Gasteiger partial charge in [-0.25, -0.2) is 4.98 Å². The summed E-state index contributed by atoms with van der Waals surface area (Å²) in [6, 6.07) is 11.7. The number of pyridine rings is 1. The molecule has 33 heavy (non-hydrogen) atoms. The first-order chi connectivity index (χ1) is 15.7. The maximum absolute atomic E-state index is 13.8. The Morgan fingerprint density at radius 1 is 1.15 bits per heavy atom. The lowest BCUT2D eigenvalue weighted by atomic mass is 9.95. The van der Waals surface area contributed by atoms with Gasteiger partial charge in [0, 0.05) is 42.4 Å². The van der Waals surface area contributed by atoms with Gasteiger partial charge >= 0.3 is 6.18 Å². The molecule has 6 nitrogen and oxygen atoms in total. The number of furan rings is 1. The second-order valence-corrected chi connectivity index (χ2v) is 8.35. The molecule has 2 N–H and O–H groups in total. The molecule has 1 aromatic carbocycles. The van der Waals surface area contributed by atoms with Gasteiger partial charge in [0.05, 0.1) is 18.1 Å². The van der Waals surface area contributed by atoms with Crippen molar-refractivity contribution in [3.63, 3.8) is 0 Å². The van der Waals surface area contributed by atoms with Crippen molar-refractivity contribution < 1.29 is 22.4 Å². The topological polar surface area (TPSA) is 76.8 Å². The predicted octanol–water partition coefficient (Wildman–Crippen LogP) is 4.83. The normalized spacial score (nSPS) is 18.9. The Bertz CT molecular complexity index is 1320. The van der Waals surface area contributed by atoms with Crippen LogP contribution in [0.2, 0.25) is 5.15 Å². The van der Waals surface area contributed by atoms with Gasteiger partial charge < -0.3 is 15.1 Å². The highest BCUT2D eigenvalue weighted by molar-refractivity contribution is 6.33. The number of fused-ring (bicyclic) bond motifs is 1. The molecule has 1 amide bonds. The second-order valence-electron chi connectivity index (χ2n) is 7.99. The SMILES string of the molecule is N[C@H]1CN(C(=O)c2nc3c(C(F)(F)F)cc(-c4ccoc4)cn3c2Cl)C[C@@H]1c1ccccc1. The molecule has 1 fully saturated rings. The number of imidazole rings is 1. The maximum atomic E-state index is 13.8. The number of nitrogens with two attached hydrogens (primary N) is 1. The summed E-state index contributed by atoms with van der Waals surface area (Å²) in [7, 11) is 0. The minimum absolute atomic E-state index is 0.0932. The van der Waals surface area contributed by atoms with Crippen molar-refractivity contribution in [2.24, 2.45) is 5.73 Å². The molecular weight excluding hydrogens is 457 g/mol. The Kier molecular flexibility index (Phi) is 5.18. The van der Waals surface area contributed by atoms with E-state index >= 15 is 0 Å². The fraction of sp³-hybridized carbons (Fsp3) is 0.217. The molecule has 5 rings (SSSR count). The number of halogens is 4. The Balaban J connectivity index is 1.55. The number of benzene rings is 1. The van der Waals surface area contributed by atoms with E-state index in [1.165, 1.54) is 29.7 Å². The van der Waals surface area contributed by atoms with E-state index in [1.54, 1.807) is 0 Å². The van der Waals surface area contributed by atoms with E-state index in [-0.39, 0.29) is 34.9 Å². The van der Waals surface area contributed by atoms with Gasteiger partial charge in [-0.1, -0.05) is 41.9 Å². The summed E-state index contributed by atoms with van der Waals surface area (Å²) >= 11 is 6.41. The second kappa shape index (κ2) is 7.93. The smallest absolute Gasteiger partial charge is 0.420 e. The molecule has 4 aromatic rings. The molecule has 0 saturated carbocycles. The van der Waals surface area contributed by atoms with Gasteiger partial charge in [-0.2, -0.15) is 13.2 Å². The lowest BCUT2D eigenvalue weighted by Crippen LogP contribution is -2.32. The van der Waals surface area contributed by atoms with Crippen LogP contribution < -0.4 is 5.73 Å². The number of amides is 1. The summed E-state index contributed by atoms with van der Waals surface area (Å²) < 4.78 is 47.6. The van der Waals surface area contributed by atoms with Crippen LogP contribution in [-0.4, -0.2) is 39.3 Å². The lowest BCUT2D eigenvalue weighted by molar-refractivity contribution is -0.136. The summed E-state index contributed by atoms with van der Waals surface area (Å²) in [4.78, 5) is 18.8. The van der Waals surface area contributed by atoms with Crippen molar-refractivity contribution >= 4 is 23.2 Å². The lowest BCUT2D eigenvalue weighted by Gasteiger charge is -2.15. The zero-order chi connectivity index (χ0) is 23.3. The first kappa shape index (κ1) is 21.5. The van der Waals surface area contributed by atoms with Crippen molar-refractivity contribution in [3.8, 4) is 11.1 Å². The van der Waals surface area contributed by atoms with E-state index in [4.69, 9.17) is 21.8 Å². The molecule has 0 bridgehead atoms. The van der Waals surface area contributed by atoms with Crippen LogP contribution in [0, 0.1) is 0 Å². The molecule has 0 unspecified atom stereocenters. The zero-order valence-corrected chi connectivity index (χ0v) is 17.8. The van der Waals surface area contributed by atoms with Crippen LogP contribution in [0.15, 0.2) is 65.6 Å². The minimum atomic E-state index is -4.70. The van der Waals surface area contributed by atoms with Gasteiger partial charge in [-0.05, 0) is 17.7 Å². The van der Waals surface area contributed by atoms with E-state index in [2.05, 4.69) is 4.98 Å². The number of carbonyl (C=O) groups is 1. The number of hydrogen-bond donors (Lipinski definition) is 1. The number of alkyl halides is 3. The molecule has 1 aliphatic heterocycles. The number of hydrogen-bond acceptors (Lipinski definition) is 4. The average Bonchev–Trinajstić information content (AvgIpc) is 3.52. The monoisotopic (exact) mass is 474 g/mol. The Labute approximate surface area is 191 Å². The standard InChI is InChI=1S/C23H18ClF3N4O2/c24-20-19(22(32)30-10-16(18(28)11-30)13-4-2-1-3-5-13)29-21-17(23(25,26)27)8-15(9-31(20)21)14-6-7-33-12-14/h1-9,12,16,18H,10-11,28H2/t16-,18+/m1/s1. The van der Waals surface area contributed by atoms with Gasteiger partial charge in [-0.3, -0.25) is 9.20 Å². The quantitative estimate of drug-likeness (QED) is 0.461. The molecule has 3 aromatic heterocycles. The summed E-state index contributed by atoms with van der Waals surface area (Å²) in [5.41, 5.74) is 6.26. The predicted molar refractivity (Wildman–Crippen MR) is 116 cm³/mol. The van der Waals surface area contributed by atoms with Crippen LogP contribution in [0.25, 0.3) is 16.8 Å². The number of aromatic nitrogens is 2. The fourth-order valence-corrected chi connectivity index (χ4v) is 4.50. The van der Waals surface area contributed by atoms with Crippen molar-refractivity contribution in [2.45, 2.75) is 18.1 Å². The number of rotatable bonds is 3. The van der Waals surface area contributed by atoms with Crippen LogP contribution in [0.4, 0.5) is 13.2 Å². The van der Waals surface area contributed by atoms with E-state index in [1.807, 2.05) is 30.3 Å². The van der Waals surface area contributed by atoms with Crippen molar-refractivity contribution in [1.82, 2.24) is 14.3 Å². The van der Waals surface area contributed by atoms with Crippen LogP contribution in [-0.2, 0) is 6.18 Å². The van der Waals surface area contributed by atoms with E-state index in [9.17, 15) is 18.0 Å². The number of carbonyl (C=O) groups excluding carboxylic acids is 1. The Morgan fingerprint density at radius 3 is 2.58 bits per heavy atom. The molecule has 2 atom stereocenters. The van der Waals surface area contributed by atoms with Crippen molar-refractivity contribution in [2.75, 3.05) is 13.1 Å². The van der Waals surface area contributed by atoms with Gasteiger partial charge in [0.25, 0.3) is 5.91 Å². The summed E-state index contributed by atoms with van der Waals surface area (Å²) in [6.45, 7) is 0.565. The summed E-state index contributed by atoms with van der Waals surface area (Å²) in [5, 5.41) is -0.192. The molecule has 10 heteroatoms. The molecular formula is C23H18ClF3N4O2. The molecule has 4 heterocycles. The molecule has 170 valence electrons. The van der Waals surface area contributed by atoms with Gasteiger partial charge in [0.15, 0.2) is 11.3 Å². The number of nitrogens with zero attached hydrogens (tertiary/aromatic N) is 3. The third-order valence-corrected chi connectivity index (χ3v) is 6.27. The van der Waals surface area contributed by atoms with E-state index in [0.717, 1.165) is 16.0 Å². The molecule has 0 radical (unpaired) electrons. The highest BCUT2D eigenvalue weighted by Crippen LogP contribution is 2.37. The first-order valence-corrected chi connectivity index (χ1v) is 10.5.